The lowest BCUT2D eigenvalue weighted by atomic mass is 10.0. The van der Waals surface area contributed by atoms with Crippen molar-refractivity contribution in [3.8, 4) is 0 Å². The topological polar surface area (TPSA) is 44.4 Å². The summed E-state index contributed by atoms with van der Waals surface area (Å²) in [6, 6.07) is 8.14. The number of halogens is 2. The summed E-state index contributed by atoms with van der Waals surface area (Å²) in [5, 5.41) is 7.18. The second kappa shape index (κ2) is 9.36. The number of hydrogen-bond donors (Lipinski definition) is 2. The average molecular weight is 346 g/mol. The standard InChI is InChI=1S/C16H24ClN3O.ClH/c1-3-15(13-4-6-14(17)7-5-13)19-16(21)11-20-9-8-18-10-12(20)2;/h4-7,12,15,18H,3,8-11H2,1-2H3,(H,19,21);1H/t12-,15?;/m0./s1. The molecule has 1 aliphatic rings. The van der Waals surface area contributed by atoms with Crippen LogP contribution in [0.15, 0.2) is 24.3 Å². The number of nitrogens with one attached hydrogen (secondary N) is 2. The van der Waals surface area contributed by atoms with Gasteiger partial charge < -0.3 is 10.6 Å². The number of rotatable bonds is 5. The molecule has 0 aliphatic carbocycles. The summed E-state index contributed by atoms with van der Waals surface area (Å²) < 4.78 is 0. The first kappa shape index (κ1) is 19.2. The van der Waals surface area contributed by atoms with Crippen molar-refractivity contribution in [1.29, 1.82) is 0 Å². The van der Waals surface area contributed by atoms with Gasteiger partial charge in [0.25, 0.3) is 0 Å². The minimum absolute atomic E-state index is 0. The third-order valence-electron chi connectivity index (χ3n) is 4.00. The number of piperazine rings is 1. The maximum absolute atomic E-state index is 12.3. The van der Waals surface area contributed by atoms with Gasteiger partial charge in [0.1, 0.15) is 0 Å². The van der Waals surface area contributed by atoms with E-state index in [0.29, 0.717) is 12.6 Å². The summed E-state index contributed by atoms with van der Waals surface area (Å²) in [5.41, 5.74) is 1.10. The Morgan fingerprint density at radius 3 is 2.73 bits per heavy atom. The van der Waals surface area contributed by atoms with E-state index >= 15 is 0 Å². The van der Waals surface area contributed by atoms with Crippen LogP contribution in [0.1, 0.15) is 31.9 Å². The number of benzene rings is 1. The molecule has 0 spiro atoms. The highest BCUT2D eigenvalue weighted by Crippen LogP contribution is 2.19. The summed E-state index contributed by atoms with van der Waals surface area (Å²) >= 11 is 5.91. The van der Waals surface area contributed by atoms with E-state index in [2.05, 4.69) is 29.4 Å². The summed E-state index contributed by atoms with van der Waals surface area (Å²) in [7, 11) is 0. The van der Waals surface area contributed by atoms with Crippen molar-refractivity contribution in [3.63, 3.8) is 0 Å². The van der Waals surface area contributed by atoms with Gasteiger partial charge in [0.05, 0.1) is 12.6 Å². The Morgan fingerprint density at radius 1 is 1.45 bits per heavy atom. The van der Waals surface area contributed by atoms with Crippen LogP contribution in [0.3, 0.4) is 0 Å². The van der Waals surface area contributed by atoms with E-state index in [-0.39, 0.29) is 24.4 Å². The van der Waals surface area contributed by atoms with Crippen molar-refractivity contribution < 1.29 is 4.79 Å². The molecule has 1 amide bonds. The lowest BCUT2D eigenvalue weighted by Gasteiger charge is -2.33. The molecule has 1 unspecified atom stereocenters. The van der Waals surface area contributed by atoms with Crippen LogP contribution in [0.2, 0.25) is 5.02 Å². The summed E-state index contributed by atoms with van der Waals surface area (Å²) in [6.45, 7) is 7.51. The number of hydrogen-bond acceptors (Lipinski definition) is 3. The Morgan fingerprint density at radius 2 is 2.14 bits per heavy atom. The van der Waals surface area contributed by atoms with Gasteiger partial charge in [-0.25, -0.2) is 0 Å². The molecule has 1 saturated heterocycles. The van der Waals surface area contributed by atoms with Gasteiger partial charge in [0.2, 0.25) is 5.91 Å². The van der Waals surface area contributed by atoms with E-state index in [4.69, 9.17) is 11.6 Å². The lowest BCUT2D eigenvalue weighted by molar-refractivity contribution is -0.123. The Bertz CT molecular complexity index is 467. The molecule has 2 atom stereocenters. The monoisotopic (exact) mass is 345 g/mol. The quantitative estimate of drug-likeness (QED) is 0.862. The third-order valence-corrected chi connectivity index (χ3v) is 4.25. The fraction of sp³-hybridized carbons (Fsp3) is 0.562. The van der Waals surface area contributed by atoms with Gasteiger partial charge in [-0.15, -0.1) is 12.4 Å². The van der Waals surface area contributed by atoms with E-state index < -0.39 is 0 Å². The van der Waals surface area contributed by atoms with Crippen LogP contribution in [0, 0.1) is 0 Å². The number of amides is 1. The molecule has 2 rings (SSSR count). The highest BCUT2D eigenvalue weighted by atomic mass is 35.5. The molecule has 0 aromatic heterocycles. The highest BCUT2D eigenvalue weighted by Gasteiger charge is 2.21. The minimum Gasteiger partial charge on any atom is -0.348 e. The largest absolute Gasteiger partial charge is 0.348 e. The van der Waals surface area contributed by atoms with Crippen LogP contribution in [-0.2, 0) is 4.79 Å². The molecule has 1 heterocycles. The zero-order valence-corrected chi connectivity index (χ0v) is 14.7. The maximum atomic E-state index is 12.3. The summed E-state index contributed by atoms with van der Waals surface area (Å²) in [4.78, 5) is 14.5. The predicted molar refractivity (Wildman–Crippen MR) is 93.8 cm³/mol. The molecule has 0 bridgehead atoms. The molecule has 1 aliphatic heterocycles. The first-order valence-corrected chi connectivity index (χ1v) is 7.97. The van der Waals surface area contributed by atoms with E-state index in [1.807, 2.05) is 24.3 Å². The Hall–Kier alpha value is -0.810. The molecule has 1 aromatic rings. The molecular weight excluding hydrogens is 321 g/mol. The summed E-state index contributed by atoms with van der Waals surface area (Å²) in [5.74, 6) is 0.0885. The molecular formula is C16H25Cl2N3O. The van der Waals surface area contributed by atoms with E-state index in [1.165, 1.54) is 0 Å². The van der Waals surface area contributed by atoms with Crippen LogP contribution < -0.4 is 10.6 Å². The lowest BCUT2D eigenvalue weighted by Crippen LogP contribution is -2.52. The van der Waals surface area contributed by atoms with Crippen LogP contribution in [0.25, 0.3) is 0 Å². The van der Waals surface area contributed by atoms with Crippen LogP contribution in [0.5, 0.6) is 0 Å². The first-order valence-electron chi connectivity index (χ1n) is 7.59. The van der Waals surface area contributed by atoms with E-state index in [1.54, 1.807) is 0 Å². The molecule has 2 N–H and O–H groups in total. The second-order valence-electron chi connectivity index (χ2n) is 5.60. The Balaban J connectivity index is 0.00000242. The molecule has 124 valence electrons. The normalized spacial score (nSPS) is 20.0. The van der Waals surface area contributed by atoms with Crippen LogP contribution in [-0.4, -0.2) is 43.0 Å². The van der Waals surface area contributed by atoms with Gasteiger partial charge in [0, 0.05) is 30.7 Å². The first-order chi connectivity index (χ1) is 10.1. The van der Waals surface area contributed by atoms with Gasteiger partial charge in [-0.1, -0.05) is 30.7 Å². The van der Waals surface area contributed by atoms with E-state index in [9.17, 15) is 4.79 Å². The number of carbonyl (C=O) groups is 1. The molecule has 1 aromatic carbocycles. The molecule has 4 nitrogen and oxygen atoms in total. The zero-order valence-electron chi connectivity index (χ0n) is 13.1. The smallest absolute Gasteiger partial charge is 0.234 e. The van der Waals surface area contributed by atoms with Crippen molar-refractivity contribution in [2.75, 3.05) is 26.2 Å². The Labute approximate surface area is 144 Å². The fourth-order valence-corrected chi connectivity index (χ4v) is 2.78. The fourth-order valence-electron chi connectivity index (χ4n) is 2.66. The van der Waals surface area contributed by atoms with E-state index in [0.717, 1.165) is 36.6 Å². The average Bonchev–Trinajstić information content (AvgIpc) is 2.48. The van der Waals surface area contributed by atoms with Gasteiger partial charge >= 0.3 is 0 Å². The Kier molecular flexibility index (Phi) is 8.18. The minimum atomic E-state index is 0. The van der Waals surface area contributed by atoms with Crippen molar-refractivity contribution in [2.45, 2.75) is 32.4 Å². The van der Waals surface area contributed by atoms with Gasteiger partial charge in [-0.05, 0) is 31.0 Å². The maximum Gasteiger partial charge on any atom is 0.234 e. The van der Waals surface area contributed by atoms with Crippen molar-refractivity contribution >= 4 is 29.9 Å². The SMILES string of the molecule is CCC(NC(=O)CN1CCNC[C@@H]1C)c1ccc(Cl)cc1.Cl. The molecule has 22 heavy (non-hydrogen) atoms. The van der Waals surface area contributed by atoms with Gasteiger partial charge in [-0.3, -0.25) is 9.69 Å². The number of carbonyl (C=O) groups excluding carboxylic acids is 1. The highest BCUT2D eigenvalue weighted by molar-refractivity contribution is 6.30. The second-order valence-corrected chi connectivity index (χ2v) is 6.04. The summed E-state index contributed by atoms with van der Waals surface area (Å²) in [6.07, 6.45) is 0.866. The van der Waals surface area contributed by atoms with Crippen molar-refractivity contribution in [1.82, 2.24) is 15.5 Å². The number of nitrogens with zero attached hydrogens (tertiary/aromatic N) is 1. The molecule has 0 radical (unpaired) electrons. The molecule has 0 saturated carbocycles. The predicted octanol–water partition coefficient (Wildman–Crippen LogP) is 2.62. The zero-order chi connectivity index (χ0) is 15.2. The third kappa shape index (κ3) is 5.43. The van der Waals surface area contributed by atoms with Crippen molar-refractivity contribution in [2.24, 2.45) is 0 Å². The van der Waals surface area contributed by atoms with Crippen molar-refractivity contribution in [3.05, 3.63) is 34.9 Å². The molecule has 6 heteroatoms. The van der Waals surface area contributed by atoms with Gasteiger partial charge in [-0.2, -0.15) is 0 Å². The van der Waals surface area contributed by atoms with Crippen LogP contribution in [0.4, 0.5) is 0 Å². The van der Waals surface area contributed by atoms with Gasteiger partial charge in [0.15, 0.2) is 0 Å². The van der Waals surface area contributed by atoms with Crippen LogP contribution >= 0.6 is 24.0 Å². The molecule has 1 fully saturated rings.